The van der Waals surface area contributed by atoms with E-state index in [2.05, 4.69) is 52.1 Å². The molecule has 2 nitrogen and oxygen atoms in total. The van der Waals surface area contributed by atoms with Crippen LogP contribution in [0.15, 0.2) is 24.3 Å². The average Bonchev–Trinajstić information content (AvgIpc) is 2.34. The van der Waals surface area contributed by atoms with E-state index in [9.17, 15) is 0 Å². The largest absolute Gasteiger partial charge is 0.496 e. The average molecular weight is 289 g/mol. The Morgan fingerprint density at radius 3 is 2.24 bits per heavy atom. The Bertz CT molecular complexity index is 462. The molecule has 1 atom stereocenters. The molecule has 0 spiro atoms. The predicted molar refractivity (Wildman–Crippen MR) is 89.7 cm³/mol. The van der Waals surface area contributed by atoms with Crippen molar-refractivity contribution in [2.45, 2.75) is 66.0 Å². The van der Waals surface area contributed by atoms with Gasteiger partial charge in [0.25, 0.3) is 0 Å². The standard InChI is InChI=1S/C19H31NO/c1-14(16-9-7-8-10-17(16)21-6)20-15-11-18(2,3)13-19(4,5)12-15/h7-10,14-15,20H,11-13H2,1-6H3/t14-/m1/s1. The molecule has 0 bridgehead atoms. The zero-order valence-electron chi connectivity index (χ0n) is 14.5. The number of methoxy groups -OCH3 is 1. The van der Waals surface area contributed by atoms with Gasteiger partial charge in [0.15, 0.2) is 0 Å². The first-order chi connectivity index (χ1) is 9.72. The smallest absolute Gasteiger partial charge is 0.123 e. The number of benzene rings is 1. The lowest BCUT2D eigenvalue weighted by Gasteiger charge is -2.46. The van der Waals surface area contributed by atoms with Gasteiger partial charge in [-0.2, -0.15) is 0 Å². The zero-order chi connectivity index (χ0) is 15.7. The molecule has 21 heavy (non-hydrogen) atoms. The van der Waals surface area contributed by atoms with E-state index in [0.29, 0.717) is 22.9 Å². The highest BCUT2D eigenvalue weighted by Gasteiger charge is 2.38. The summed E-state index contributed by atoms with van der Waals surface area (Å²) < 4.78 is 5.50. The molecule has 0 radical (unpaired) electrons. The Hall–Kier alpha value is -1.02. The van der Waals surface area contributed by atoms with E-state index < -0.39 is 0 Å². The second-order valence-electron chi connectivity index (χ2n) is 8.24. The van der Waals surface area contributed by atoms with E-state index in [1.165, 1.54) is 24.8 Å². The third-order valence-electron chi connectivity index (χ3n) is 4.65. The van der Waals surface area contributed by atoms with E-state index in [4.69, 9.17) is 4.74 Å². The Labute approximate surface area is 130 Å². The maximum absolute atomic E-state index is 5.50. The Kier molecular flexibility index (Phi) is 4.67. The van der Waals surface area contributed by atoms with Crippen LogP contribution in [0.4, 0.5) is 0 Å². The molecule has 0 amide bonds. The van der Waals surface area contributed by atoms with Crippen LogP contribution < -0.4 is 10.1 Å². The normalized spacial score (nSPS) is 22.8. The van der Waals surface area contributed by atoms with Gasteiger partial charge in [-0.15, -0.1) is 0 Å². The molecule has 0 aromatic heterocycles. The van der Waals surface area contributed by atoms with E-state index in [1.807, 2.05) is 12.1 Å². The van der Waals surface area contributed by atoms with Crippen LogP contribution in [0, 0.1) is 10.8 Å². The van der Waals surface area contributed by atoms with Crippen molar-refractivity contribution in [3.05, 3.63) is 29.8 Å². The zero-order valence-corrected chi connectivity index (χ0v) is 14.5. The van der Waals surface area contributed by atoms with Crippen molar-refractivity contribution in [3.63, 3.8) is 0 Å². The maximum Gasteiger partial charge on any atom is 0.123 e. The van der Waals surface area contributed by atoms with Crippen LogP contribution in [0.1, 0.15) is 65.5 Å². The van der Waals surface area contributed by atoms with E-state index in [-0.39, 0.29) is 0 Å². The summed E-state index contributed by atoms with van der Waals surface area (Å²) in [6.45, 7) is 11.8. The van der Waals surface area contributed by atoms with Crippen molar-refractivity contribution in [1.82, 2.24) is 5.32 Å². The van der Waals surface area contributed by atoms with Gasteiger partial charge in [0.1, 0.15) is 5.75 Å². The topological polar surface area (TPSA) is 21.3 Å². The van der Waals surface area contributed by atoms with Gasteiger partial charge in [-0.1, -0.05) is 45.9 Å². The number of hydrogen-bond acceptors (Lipinski definition) is 2. The van der Waals surface area contributed by atoms with Crippen LogP contribution >= 0.6 is 0 Å². The molecule has 1 saturated carbocycles. The van der Waals surface area contributed by atoms with Crippen LogP contribution in [-0.4, -0.2) is 13.2 Å². The second-order valence-corrected chi connectivity index (χ2v) is 8.24. The predicted octanol–water partition coefficient (Wildman–Crippen LogP) is 4.95. The highest BCUT2D eigenvalue weighted by atomic mass is 16.5. The molecule has 1 N–H and O–H groups in total. The van der Waals surface area contributed by atoms with E-state index in [0.717, 1.165) is 5.75 Å². The fourth-order valence-corrected chi connectivity index (χ4v) is 4.43. The summed E-state index contributed by atoms with van der Waals surface area (Å²) in [5.41, 5.74) is 2.08. The molecule has 1 aromatic rings. The SMILES string of the molecule is COc1ccccc1[C@@H](C)NC1CC(C)(C)CC(C)(C)C1. The first-order valence-electron chi connectivity index (χ1n) is 8.11. The molecular weight excluding hydrogens is 258 g/mol. The minimum absolute atomic E-state index is 0.316. The van der Waals surface area contributed by atoms with Crippen LogP contribution in [0.3, 0.4) is 0 Å². The van der Waals surface area contributed by atoms with Gasteiger partial charge in [-0.05, 0) is 43.1 Å². The fourth-order valence-electron chi connectivity index (χ4n) is 4.43. The lowest BCUT2D eigenvalue weighted by Crippen LogP contribution is -2.44. The van der Waals surface area contributed by atoms with E-state index >= 15 is 0 Å². The summed E-state index contributed by atoms with van der Waals surface area (Å²) in [6, 6.07) is 9.21. The summed E-state index contributed by atoms with van der Waals surface area (Å²) in [6.07, 6.45) is 3.80. The molecule has 0 saturated heterocycles. The van der Waals surface area contributed by atoms with Gasteiger partial charge in [0.05, 0.1) is 7.11 Å². The van der Waals surface area contributed by atoms with Crippen molar-refractivity contribution in [3.8, 4) is 5.75 Å². The number of hydrogen-bond donors (Lipinski definition) is 1. The molecule has 0 heterocycles. The van der Waals surface area contributed by atoms with Crippen LogP contribution in [0.2, 0.25) is 0 Å². The second kappa shape index (κ2) is 6.00. The number of nitrogens with one attached hydrogen (secondary N) is 1. The molecule has 2 heteroatoms. The first-order valence-corrected chi connectivity index (χ1v) is 8.11. The summed E-state index contributed by atoms with van der Waals surface area (Å²) in [5, 5.41) is 3.84. The monoisotopic (exact) mass is 289 g/mol. The molecule has 1 aromatic carbocycles. The van der Waals surface area contributed by atoms with Gasteiger partial charge in [-0.3, -0.25) is 0 Å². The minimum atomic E-state index is 0.316. The molecular formula is C19H31NO. The highest BCUT2D eigenvalue weighted by molar-refractivity contribution is 5.35. The van der Waals surface area contributed by atoms with Crippen molar-refractivity contribution in [2.24, 2.45) is 10.8 Å². The van der Waals surface area contributed by atoms with Crippen molar-refractivity contribution in [1.29, 1.82) is 0 Å². The van der Waals surface area contributed by atoms with Crippen molar-refractivity contribution >= 4 is 0 Å². The third-order valence-corrected chi connectivity index (χ3v) is 4.65. The lowest BCUT2D eigenvalue weighted by molar-refractivity contribution is 0.0810. The van der Waals surface area contributed by atoms with Crippen LogP contribution in [-0.2, 0) is 0 Å². The minimum Gasteiger partial charge on any atom is -0.496 e. The Balaban J connectivity index is 2.10. The summed E-state index contributed by atoms with van der Waals surface area (Å²) in [7, 11) is 1.75. The molecule has 1 fully saturated rings. The highest BCUT2D eigenvalue weighted by Crippen LogP contribution is 2.46. The summed E-state index contributed by atoms with van der Waals surface area (Å²) in [4.78, 5) is 0. The number of rotatable bonds is 4. The molecule has 1 aliphatic carbocycles. The molecule has 118 valence electrons. The van der Waals surface area contributed by atoms with Gasteiger partial charge in [0.2, 0.25) is 0 Å². The molecule has 1 aliphatic rings. The molecule has 2 rings (SSSR count). The quantitative estimate of drug-likeness (QED) is 0.846. The first kappa shape index (κ1) is 16.4. The summed E-state index contributed by atoms with van der Waals surface area (Å²) >= 11 is 0. The van der Waals surface area contributed by atoms with E-state index in [1.54, 1.807) is 7.11 Å². The van der Waals surface area contributed by atoms with Gasteiger partial charge in [0, 0.05) is 17.6 Å². The Morgan fingerprint density at radius 1 is 1.10 bits per heavy atom. The van der Waals surface area contributed by atoms with Gasteiger partial charge < -0.3 is 10.1 Å². The molecule has 0 unspecified atom stereocenters. The van der Waals surface area contributed by atoms with Crippen LogP contribution in [0.25, 0.3) is 0 Å². The van der Waals surface area contributed by atoms with Gasteiger partial charge in [-0.25, -0.2) is 0 Å². The third kappa shape index (κ3) is 4.23. The fraction of sp³-hybridized carbons (Fsp3) is 0.684. The number of ether oxygens (including phenoxy) is 1. The Morgan fingerprint density at radius 2 is 1.67 bits per heavy atom. The lowest BCUT2D eigenvalue weighted by atomic mass is 9.63. The van der Waals surface area contributed by atoms with Gasteiger partial charge >= 0.3 is 0 Å². The maximum atomic E-state index is 5.50. The number of para-hydroxylation sites is 1. The van der Waals surface area contributed by atoms with Crippen LogP contribution in [0.5, 0.6) is 5.75 Å². The molecule has 0 aliphatic heterocycles. The van der Waals surface area contributed by atoms with Crippen molar-refractivity contribution in [2.75, 3.05) is 7.11 Å². The summed E-state index contributed by atoms with van der Waals surface area (Å²) in [5.74, 6) is 0.979. The van der Waals surface area contributed by atoms with Crippen molar-refractivity contribution < 1.29 is 4.74 Å².